The quantitative estimate of drug-likeness (QED) is 0.0253. The molecule has 480 valence electrons. The first-order valence-electron chi connectivity index (χ1n) is 27.0. The number of hydrogen-bond acceptors (Lipinski definition) is 21. The summed E-state index contributed by atoms with van der Waals surface area (Å²) in [4.78, 5) is 193. The van der Waals surface area contributed by atoms with Crippen LogP contribution in [0, 0.1) is 5.92 Å². The zero-order chi connectivity index (χ0) is 64.5. The van der Waals surface area contributed by atoms with E-state index in [4.69, 9.17) is 22.9 Å². The summed E-state index contributed by atoms with van der Waals surface area (Å²) >= 11 is 2.67. The molecule has 0 aromatic rings. The number of nitrogens with two attached hydrogens (primary N) is 4. The highest BCUT2D eigenvalue weighted by Crippen LogP contribution is 2.20. The van der Waals surface area contributed by atoms with E-state index in [2.05, 4.69) is 58.5 Å². The lowest BCUT2D eigenvalue weighted by molar-refractivity contribution is -0.143. The number of carboxylic acid groups (broad SMARTS) is 1. The Hall–Kier alpha value is -7.41. The van der Waals surface area contributed by atoms with Crippen LogP contribution in [0.15, 0.2) is 0 Å². The number of primary amides is 2. The minimum atomic E-state index is -1.69. The molecule has 34 nitrogen and oxygen atoms in total. The van der Waals surface area contributed by atoms with E-state index in [1.54, 1.807) is 26.4 Å². The second kappa shape index (κ2) is 40.0. The zero-order valence-electron chi connectivity index (χ0n) is 48.1. The van der Waals surface area contributed by atoms with E-state index < -0.39 is 201 Å². The SMILES string of the molecule is CSCC[C@H](NC(=O)[C@@H](NC(=O)CNC(=O)[C@@H](NC(=O)CNC(=O)CNC(=O)CNC(=O)[C@H](CC(N)=O)NC(=O)[C@H](CCSC)NC(=O)[C@@H]1CCCN1C(=O)[C@H](CO)NC(=O)[C@@H](N)CC(N)=O)[C@@H](C)O)C(C)C)C(=O)N[C@@H](CCCCN)C(=O)O. The Morgan fingerprint density at radius 2 is 1.04 bits per heavy atom. The molecule has 1 saturated heterocycles. The Morgan fingerprint density at radius 3 is 1.54 bits per heavy atom. The van der Waals surface area contributed by atoms with Crippen LogP contribution in [-0.2, 0) is 71.9 Å². The first-order valence-corrected chi connectivity index (χ1v) is 29.8. The van der Waals surface area contributed by atoms with Gasteiger partial charge in [-0.3, -0.25) is 67.1 Å². The molecule has 0 spiro atoms. The van der Waals surface area contributed by atoms with Gasteiger partial charge in [-0.15, -0.1) is 0 Å². The van der Waals surface area contributed by atoms with Gasteiger partial charge in [-0.05, 0) is 88.3 Å². The minimum Gasteiger partial charge on any atom is -0.480 e. The van der Waals surface area contributed by atoms with Crippen LogP contribution >= 0.6 is 23.5 Å². The number of carbonyl (C=O) groups excluding carboxylic acids is 14. The lowest BCUT2D eigenvalue weighted by Crippen LogP contribution is -2.59. The predicted octanol–water partition coefficient (Wildman–Crippen LogP) is -9.34. The van der Waals surface area contributed by atoms with Gasteiger partial charge in [0.15, 0.2) is 0 Å². The molecule has 0 aromatic carbocycles. The fraction of sp³-hybridized carbons (Fsp3) is 0.694. The van der Waals surface area contributed by atoms with Crippen molar-refractivity contribution in [2.75, 3.05) is 69.9 Å². The number of nitrogens with zero attached hydrogens (tertiary/aromatic N) is 1. The van der Waals surface area contributed by atoms with E-state index in [0.717, 1.165) is 11.8 Å². The van der Waals surface area contributed by atoms with E-state index in [1.165, 1.54) is 23.5 Å². The summed E-state index contributed by atoms with van der Waals surface area (Å²) in [5.41, 5.74) is 21.6. The summed E-state index contributed by atoms with van der Waals surface area (Å²) in [5, 5.41) is 55.4. The molecule has 0 bridgehead atoms. The molecule has 0 saturated carbocycles. The lowest BCUT2D eigenvalue weighted by atomic mass is 10.0. The van der Waals surface area contributed by atoms with Crippen LogP contribution in [0.5, 0.6) is 0 Å². The summed E-state index contributed by atoms with van der Waals surface area (Å²) < 4.78 is 0. The van der Waals surface area contributed by atoms with Crippen molar-refractivity contribution in [3.05, 3.63) is 0 Å². The Balaban J connectivity index is 2.83. The number of aliphatic hydroxyl groups excluding tert-OH is 2. The van der Waals surface area contributed by atoms with Gasteiger partial charge < -0.3 is 102 Å². The van der Waals surface area contributed by atoms with Crippen LogP contribution < -0.4 is 81.4 Å². The number of carbonyl (C=O) groups is 15. The molecule has 1 aliphatic rings. The number of carboxylic acids is 1. The molecular formula is C49H84N16O18S2. The van der Waals surface area contributed by atoms with Crippen molar-refractivity contribution in [2.45, 2.75) is 139 Å². The van der Waals surface area contributed by atoms with Crippen molar-refractivity contribution >= 4 is 112 Å². The topological polar surface area (TPSA) is 556 Å². The van der Waals surface area contributed by atoms with Crippen molar-refractivity contribution in [3.63, 3.8) is 0 Å². The van der Waals surface area contributed by atoms with E-state index in [1.807, 2.05) is 0 Å². The van der Waals surface area contributed by atoms with E-state index >= 15 is 0 Å². The van der Waals surface area contributed by atoms with Crippen molar-refractivity contribution in [3.8, 4) is 0 Å². The Morgan fingerprint density at radius 1 is 0.553 bits per heavy atom. The van der Waals surface area contributed by atoms with Gasteiger partial charge in [0.1, 0.15) is 48.3 Å². The van der Waals surface area contributed by atoms with Crippen LogP contribution in [0.1, 0.15) is 78.6 Å². The van der Waals surface area contributed by atoms with Gasteiger partial charge >= 0.3 is 5.97 Å². The Labute approximate surface area is 498 Å². The second-order valence-electron chi connectivity index (χ2n) is 19.9. The molecule has 1 aliphatic heterocycles. The number of unbranched alkanes of at least 4 members (excludes halogenated alkanes) is 1. The first-order chi connectivity index (χ1) is 40.0. The Bertz CT molecular complexity index is 2360. The number of nitrogens with one attached hydrogen (secondary N) is 11. The number of amides is 14. The molecule has 22 N–H and O–H groups in total. The number of thioether (sulfide) groups is 2. The molecule has 0 radical (unpaired) electrons. The third-order valence-electron chi connectivity index (χ3n) is 12.6. The van der Waals surface area contributed by atoms with Crippen molar-refractivity contribution < 1.29 is 87.2 Å². The number of aliphatic carboxylic acids is 1. The Kier molecular flexibility index (Phi) is 35.6. The molecule has 0 unspecified atom stereocenters. The molecule has 0 aliphatic carbocycles. The summed E-state index contributed by atoms with van der Waals surface area (Å²) in [6.45, 7) is 0.662. The average Bonchev–Trinajstić information content (AvgIpc) is 4.23. The van der Waals surface area contributed by atoms with Crippen molar-refractivity contribution in [1.82, 2.24) is 63.4 Å². The molecule has 10 atom stereocenters. The smallest absolute Gasteiger partial charge is 0.326 e. The third-order valence-corrected chi connectivity index (χ3v) is 13.9. The molecule has 36 heteroatoms. The minimum absolute atomic E-state index is 0.0195. The van der Waals surface area contributed by atoms with Crippen LogP contribution in [0.25, 0.3) is 0 Å². The van der Waals surface area contributed by atoms with Gasteiger partial charge in [-0.2, -0.15) is 23.5 Å². The number of hydrogen-bond donors (Lipinski definition) is 18. The van der Waals surface area contributed by atoms with E-state index in [-0.39, 0.29) is 38.0 Å². The maximum Gasteiger partial charge on any atom is 0.326 e. The number of likely N-dealkylation sites (tertiary alicyclic amines) is 1. The second-order valence-corrected chi connectivity index (χ2v) is 21.8. The van der Waals surface area contributed by atoms with Gasteiger partial charge in [0.2, 0.25) is 82.7 Å². The van der Waals surface area contributed by atoms with Crippen LogP contribution in [0.4, 0.5) is 0 Å². The highest BCUT2D eigenvalue weighted by molar-refractivity contribution is 7.98. The lowest BCUT2D eigenvalue weighted by Gasteiger charge is -2.30. The van der Waals surface area contributed by atoms with Crippen molar-refractivity contribution in [2.24, 2.45) is 28.9 Å². The molecular weight excluding hydrogens is 1160 g/mol. The van der Waals surface area contributed by atoms with Crippen LogP contribution in [0.3, 0.4) is 0 Å². The van der Waals surface area contributed by atoms with Gasteiger partial charge in [-0.25, -0.2) is 4.79 Å². The largest absolute Gasteiger partial charge is 0.480 e. The zero-order valence-corrected chi connectivity index (χ0v) is 49.8. The van der Waals surface area contributed by atoms with E-state index in [0.29, 0.717) is 31.6 Å². The summed E-state index contributed by atoms with van der Waals surface area (Å²) in [7, 11) is 0. The van der Waals surface area contributed by atoms with E-state index in [9.17, 15) is 87.2 Å². The van der Waals surface area contributed by atoms with Gasteiger partial charge in [-0.1, -0.05) is 13.8 Å². The monoisotopic (exact) mass is 1250 g/mol. The highest BCUT2D eigenvalue weighted by Gasteiger charge is 2.40. The third kappa shape index (κ3) is 28.8. The van der Waals surface area contributed by atoms with Gasteiger partial charge in [0.25, 0.3) is 0 Å². The number of aliphatic hydroxyl groups is 2. The van der Waals surface area contributed by atoms with Gasteiger partial charge in [0.05, 0.1) is 57.8 Å². The molecule has 14 amide bonds. The number of rotatable bonds is 41. The first kappa shape index (κ1) is 75.6. The van der Waals surface area contributed by atoms with Crippen LogP contribution in [0.2, 0.25) is 0 Å². The van der Waals surface area contributed by atoms with Crippen LogP contribution in [-0.4, -0.2) is 239 Å². The summed E-state index contributed by atoms with van der Waals surface area (Å²) in [6, 6.07) is -12.5. The molecule has 1 heterocycles. The maximum atomic E-state index is 13.6. The molecule has 0 aromatic heterocycles. The fourth-order valence-corrected chi connectivity index (χ4v) is 8.90. The van der Waals surface area contributed by atoms with Gasteiger partial charge in [0, 0.05) is 6.54 Å². The fourth-order valence-electron chi connectivity index (χ4n) is 7.96. The molecule has 1 rings (SSSR count). The predicted molar refractivity (Wildman–Crippen MR) is 306 cm³/mol. The maximum absolute atomic E-state index is 13.6. The summed E-state index contributed by atoms with van der Waals surface area (Å²) in [6.07, 6.45) is 2.20. The highest BCUT2D eigenvalue weighted by atomic mass is 32.2. The standard InChI is InChI=1S/C49H84N16O18S2/c1-24(2)39(47(80)59-28(12-16-85-5)43(76)60-29(49(82)83)9-6-7-13-50)63-38(73)22-57-46(79)40(25(3)67)64-37(72)21-55-35(70)19-54-36(71)20-56-42(75)30(18-34(53)69)61-44(77)27(11-15-84-4)58-45(78)32-10-8-14-65(32)48(81)31(23-66)62-41(74)26(51)17-33(52)68/h24-32,39-40,66-67H,6-23,50-51H2,1-5H3,(H2,52,68)(H2,53,69)(H,54,71)(H,55,70)(H,56,75)(H,57,79)(H,58,78)(H,59,80)(H,60,76)(H,61,77)(H,62,74)(H,63,73)(H,64,72)(H,82,83)/t25-,26+,27+,28+,29+,30+,31+,32+,39+,40+/m1/s1. The van der Waals surface area contributed by atoms with Crippen molar-refractivity contribution in [1.29, 1.82) is 0 Å². The summed E-state index contributed by atoms with van der Waals surface area (Å²) in [5.74, 6) is -14.1. The average molecular weight is 1250 g/mol. The molecule has 85 heavy (non-hydrogen) atoms. The normalized spacial score (nSPS) is 15.9. The molecule has 1 fully saturated rings.